The fourth-order valence-electron chi connectivity index (χ4n) is 5.60. The van der Waals surface area contributed by atoms with E-state index < -0.39 is 0 Å². The highest BCUT2D eigenvalue weighted by molar-refractivity contribution is 5.42. The molecule has 0 N–H and O–H groups in total. The fraction of sp³-hybridized carbons (Fsp3) is 0.727. The third-order valence-corrected chi connectivity index (χ3v) is 6.59. The molecule has 4 rings (SSSR count). The Bertz CT molecular complexity index is 601. The van der Waals surface area contributed by atoms with Gasteiger partial charge in [-0.2, -0.15) is 0 Å². The molecule has 1 nitrogen and oxygen atoms in total. The standard InChI is InChI=1S/C22H31FO/c1-14-6-16-9-17(7-14)12-22(3,11-16)13-24-21-10-20(23)15(2)8-19(21)18-4-5-18/h8,10,14,16-18H,4-7,9,11-13H2,1-3H3. The molecule has 24 heavy (non-hydrogen) atoms. The Morgan fingerprint density at radius 1 is 1.12 bits per heavy atom. The zero-order valence-corrected chi connectivity index (χ0v) is 15.4. The summed E-state index contributed by atoms with van der Waals surface area (Å²) in [4.78, 5) is 0. The number of aryl methyl sites for hydroxylation is 1. The average molecular weight is 330 g/mol. The molecule has 1 aromatic rings. The number of benzene rings is 1. The Morgan fingerprint density at radius 2 is 1.79 bits per heavy atom. The molecule has 3 aliphatic rings. The quantitative estimate of drug-likeness (QED) is 0.634. The van der Waals surface area contributed by atoms with Crippen molar-refractivity contribution in [2.45, 2.75) is 71.6 Å². The lowest BCUT2D eigenvalue weighted by Crippen LogP contribution is -2.39. The first kappa shape index (κ1) is 16.4. The van der Waals surface area contributed by atoms with Gasteiger partial charge in [0.15, 0.2) is 0 Å². The van der Waals surface area contributed by atoms with Gasteiger partial charge in [-0.05, 0) is 92.7 Å². The number of rotatable bonds is 4. The van der Waals surface area contributed by atoms with Crippen molar-refractivity contribution < 1.29 is 9.13 Å². The van der Waals surface area contributed by atoms with Crippen LogP contribution in [0.3, 0.4) is 0 Å². The Balaban J connectivity index is 1.48. The number of halogens is 1. The third-order valence-electron chi connectivity index (χ3n) is 6.59. The molecule has 3 aliphatic carbocycles. The smallest absolute Gasteiger partial charge is 0.129 e. The summed E-state index contributed by atoms with van der Waals surface area (Å²) in [6, 6.07) is 3.65. The molecule has 2 bridgehead atoms. The van der Waals surface area contributed by atoms with E-state index >= 15 is 0 Å². The van der Waals surface area contributed by atoms with Gasteiger partial charge in [0.05, 0.1) is 6.61 Å². The van der Waals surface area contributed by atoms with Crippen LogP contribution in [0, 0.1) is 35.9 Å². The zero-order valence-electron chi connectivity index (χ0n) is 15.4. The van der Waals surface area contributed by atoms with Crippen LogP contribution in [0.2, 0.25) is 0 Å². The van der Waals surface area contributed by atoms with Gasteiger partial charge in [0, 0.05) is 11.5 Å². The molecule has 0 spiro atoms. The lowest BCUT2D eigenvalue weighted by molar-refractivity contribution is 0.0143. The van der Waals surface area contributed by atoms with Gasteiger partial charge in [0.25, 0.3) is 0 Å². The molecule has 0 amide bonds. The maximum atomic E-state index is 14.1. The third kappa shape index (κ3) is 3.34. The van der Waals surface area contributed by atoms with Crippen LogP contribution in [0.15, 0.2) is 12.1 Å². The summed E-state index contributed by atoms with van der Waals surface area (Å²) in [6.07, 6.45) is 9.20. The molecule has 2 unspecified atom stereocenters. The van der Waals surface area contributed by atoms with Crippen molar-refractivity contribution in [3.63, 3.8) is 0 Å². The van der Waals surface area contributed by atoms with Gasteiger partial charge in [0.1, 0.15) is 11.6 Å². The minimum absolute atomic E-state index is 0.131. The SMILES string of the molecule is Cc1cc(C2CC2)c(OCC2(C)CC3CC(C)CC(C3)C2)cc1F. The Labute approximate surface area is 146 Å². The first-order valence-corrected chi connectivity index (χ1v) is 9.85. The normalized spacial score (nSPS) is 35.8. The maximum Gasteiger partial charge on any atom is 0.129 e. The second-order valence-electron chi connectivity index (χ2n) is 9.47. The van der Waals surface area contributed by atoms with Crippen LogP contribution in [-0.4, -0.2) is 6.61 Å². The van der Waals surface area contributed by atoms with Crippen molar-refractivity contribution in [1.82, 2.24) is 0 Å². The van der Waals surface area contributed by atoms with E-state index in [0.29, 0.717) is 5.92 Å². The highest BCUT2D eigenvalue weighted by Crippen LogP contribution is 2.51. The van der Waals surface area contributed by atoms with Crippen molar-refractivity contribution in [2.24, 2.45) is 23.2 Å². The molecule has 2 heteroatoms. The maximum absolute atomic E-state index is 14.1. The van der Waals surface area contributed by atoms with Gasteiger partial charge in [-0.1, -0.05) is 13.8 Å². The molecule has 2 atom stereocenters. The molecule has 0 saturated heterocycles. The minimum atomic E-state index is -0.131. The topological polar surface area (TPSA) is 9.23 Å². The number of ether oxygens (including phenoxy) is 1. The first-order chi connectivity index (χ1) is 11.4. The van der Waals surface area contributed by atoms with E-state index in [0.717, 1.165) is 35.7 Å². The Morgan fingerprint density at radius 3 is 2.42 bits per heavy atom. The Hall–Kier alpha value is -1.05. The zero-order chi connectivity index (χ0) is 16.9. The van der Waals surface area contributed by atoms with Crippen LogP contribution in [0.25, 0.3) is 0 Å². The summed E-state index contributed by atoms with van der Waals surface area (Å²) in [5, 5.41) is 0. The van der Waals surface area contributed by atoms with Gasteiger partial charge in [0.2, 0.25) is 0 Å². The summed E-state index contributed by atoms with van der Waals surface area (Å²) in [5.74, 6) is 3.92. The molecule has 3 saturated carbocycles. The van der Waals surface area contributed by atoms with Crippen LogP contribution >= 0.6 is 0 Å². The highest BCUT2D eigenvalue weighted by atomic mass is 19.1. The van der Waals surface area contributed by atoms with Crippen LogP contribution in [0.1, 0.15) is 75.8 Å². The Kier molecular flexibility index (Phi) is 4.13. The van der Waals surface area contributed by atoms with Gasteiger partial charge < -0.3 is 4.74 Å². The molecular weight excluding hydrogens is 299 g/mol. The molecule has 0 radical (unpaired) electrons. The van der Waals surface area contributed by atoms with Crippen LogP contribution in [0.5, 0.6) is 5.75 Å². The first-order valence-electron chi connectivity index (χ1n) is 9.85. The van der Waals surface area contributed by atoms with Gasteiger partial charge in [-0.15, -0.1) is 0 Å². The van der Waals surface area contributed by atoms with Crippen LogP contribution in [-0.2, 0) is 0 Å². The lowest BCUT2D eigenvalue weighted by atomic mass is 9.60. The summed E-state index contributed by atoms with van der Waals surface area (Å²) >= 11 is 0. The number of hydrogen-bond donors (Lipinski definition) is 0. The average Bonchev–Trinajstić information content (AvgIpc) is 3.31. The minimum Gasteiger partial charge on any atom is -0.493 e. The monoisotopic (exact) mass is 330 g/mol. The van der Waals surface area contributed by atoms with E-state index in [9.17, 15) is 4.39 Å². The molecular formula is C22H31FO. The van der Waals surface area contributed by atoms with Crippen LogP contribution in [0.4, 0.5) is 4.39 Å². The highest BCUT2D eigenvalue weighted by Gasteiger charge is 2.41. The van der Waals surface area contributed by atoms with E-state index in [1.165, 1.54) is 50.5 Å². The summed E-state index contributed by atoms with van der Waals surface area (Å²) < 4.78 is 20.3. The van der Waals surface area contributed by atoms with Crippen molar-refractivity contribution >= 4 is 0 Å². The second-order valence-corrected chi connectivity index (χ2v) is 9.47. The molecule has 0 aliphatic heterocycles. The molecule has 3 fully saturated rings. The van der Waals surface area contributed by atoms with Crippen molar-refractivity contribution in [3.05, 3.63) is 29.1 Å². The molecule has 0 heterocycles. The number of hydrogen-bond acceptors (Lipinski definition) is 1. The van der Waals surface area contributed by atoms with E-state index in [-0.39, 0.29) is 11.2 Å². The van der Waals surface area contributed by atoms with Crippen LogP contribution < -0.4 is 4.74 Å². The molecule has 132 valence electrons. The molecule has 1 aromatic carbocycles. The predicted molar refractivity (Wildman–Crippen MR) is 95.9 cm³/mol. The summed E-state index contributed by atoms with van der Waals surface area (Å²) in [6.45, 7) is 7.41. The second kappa shape index (κ2) is 6.04. The van der Waals surface area contributed by atoms with Crippen molar-refractivity contribution in [3.8, 4) is 5.75 Å². The molecule has 0 aromatic heterocycles. The van der Waals surface area contributed by atoms with Crippen molar-refractivity contribution in [1.29, 1.82) is 0 Å². The number of fused-ring (bicyclic) bond motifs is 2. The van der Waals surface area contributed by atoms with E-state index in [2.05, 4.69) is 13.8 Å². The lowest BCUT2D eigenvalue weighted by Gasteiger charge is -2.47. The van der Waals surface area contributed by atoms with E-state index in [1.54, 1.807) is 6.07 Å². The summed E-state index contributed by atoms with van der Waals surface area (Å²) in [5.41, 5.74) is 2.24. The van der Waals surface area contributed by atoms with E-state index in [1.807, 2.05) is 13.0 Å². The van der Waals surface area contributed by atoms with E-state index in [4.69, 9.17) is 4.74 Å². The predicted octanol–water partition coefficient (Wildman–Crippen LogP) is 6.24. The van der Waals surface area contributed by atoms with Gasteiger partial charge in [-0.25, -0.2) is 4.39 Å². The van der Waals surface area contributed by atoms with Gasteiger partial charge in [-0.3, -0.25) is 0 Å². The van der Waals surface area contributed by atoms with Crippen molar-refractivity contribution in [2.75, 3.05) is 6.61 Å². The fourth-order valence-corrected chi connectivity index (χ4v) is 5.60. The van der Waals surface area contributed by atoms with Gasteiger partial charge >= 0.3 is 0 Å². The summed E-state index contributed by atoms with van der Waals surface area (Å²) in [7, 11) is 0. The largest absolute Gasteiger partial charge is 0.493 e.